The lowest BCUT2D eigenvalue weighted by atomic mass is 10.0. The quantitative estimate of drug-likeness (QED) is 0.571. The molecule has 2 atom stereocenters. The number of methoxy groups -OCH3 is 1. The molecule has 0 fully saturated rings. The second-order valence-electron chi connectivity index (χ2n) is 3.53. The van der Waals surface area contributed by atoms with E-state index in [2.05, 4.69) is 5.32 Å². The first-order valence-electron chi connectivity index (χ1n) is 5.08. The van der Waals surface area contributed by atoms with Crippen molar-refractivity contribution in [3.05, 3.63) is 0 Å². The molecule has 0 rings (SSSR count). The second kappa shape index (κ2) is 8.06. The fourth-order valence-corrected chi connectivity index (χ4v) is 0.942. The van der Waals surface area contributed by atoms with Crippen LogP contribution in [0.3, 0.4) is 0 Å². The molecular weight excluding hydrogens is 214 g/mol. The Kier molecular flexibility index (Phi) is 7.49. The zero-order valence-corrected chi connectivity index (χ0v) is 9.86. The molecule has 2 unspecified atom stereocenters. The number of hydrogen-bond acceptors (Lipinski definition) is 4. The SMILES string of the molecule is COCCOCC(=O)NC(C)C(C)C(=O)O. The van der Waals surface area contributed by atoms with Gasteiger partial charge in [0.15, 0.2) is 0 Å². The van der Waals surface area contributed by atoms with Crippen molar-refractivity contribution in [2.24, 2.45) is 5.92 Å². The largest absolute Gasteiger partial charge is 0.481 e. The molecule has 0 bridgehead atoms. The third-order valence-electron chi connectivity index (χ3n) is 2.19. The van der Waals surface area contributed by atoms with E-state index < -0.39 is 17.9 Å². The minimum atomic E-state index is -0.937. The summed E-state index contributed by atoms with van der Waals surface area (Å²) in [6, 6.07) is -0.420. The fourth-order valence-electron chi connectivity index (χ4n) is 0.942. The number of hydrogen-bond donors (Lipinski definition) is 2. The Hall–Kier alpha value is -1.14. The molecule has 0 aromatic carbocycles. The molecule has 0 spiro atoms. The molecule has 16 heavy (non-hydrogen) atoms. The summed E-state index contributed by atoms with van der Waals surface area (Å²) in [7, 11) is 1.54. The Bertz CT molecular complexity index is 231. The maximum Gasteiger partial charge on any atom is 0.308 e. The van der Waals surface area contributed by atoms with Crippen molar-refractivity contribution in [2.45, 2.75) is 19.9 Å². The van der Waals surface area contributed by atoms with Crippen LogP contribution in [0.4, 0.5) is 0 Å². The number of carboxylic acid groups (broad SMARTS) is 1. The van der Waals surface area contributed by atoms with E-state index in [1.807, 2.05) is 0 Å². The second-order valence-corrected chi connectivity index (χ2v) is 3.53. The summed E-state index contributed by atoms with van der Waals surface area (Å²) in [5.74, 6) is -1.88. The minimum absolute atomic E-state index is 0.0833. The van der Waals surface area contributed by atoms with Crippen LogP contribution < -0.4 is 5.32 Å². The predicted molar refractivity (Wildman–Crippen MR) is 57.1 cm³/mol. The lowest BCUT2D eigenvalue weighted by Crippen LogP contribution is -2.41. The van der Waals surface area contributed by atoms with Crippen molar-refractivity contribution in [2.75, 3.05) is 26.9 Å². The van der Waals surface area contributed by atoms with E-state index in [1.165, 1.54) is 0 Å². The first-order valence-corrected chi connectivity index (χ1v) is 5.08. The van der Waals surface area contributed by atoms with E-state index in [1.54, 1.807) is 21.0 Å². The Morgan fingerprint density at radius 2 is 1.94 bits per heavy atom. The number of carbonyl (C=O) groups excluding carboxylic acids is 1. The zero-order valence-electron chi connectivity index (χ0n) is 9.86. The lowest BCUT2D eigenvalue weighted by Gasteiger charge is -2.17. The summed E-state index contributed by atoms with van der Waals surface area (Å²) in [6.07, 6.45) is 0. The highest BCUT2D eigenvalue weighted by Gasteiger charge is 2.20. The van der Waals surface area contributed by atoms with Gasteiger partial charge in [0.05, 0.1) is 19.1 Å². The third kappa shape index (κ3) is 6.36. The van der Waals surface area contributed by atoms with Gasteiger partial charge in [0, 0.05) is 13.2 Å². The summed E-state index contributed by atoms with van der Waals surface area (Å²) in [4.78, 5) is 21.9. The van der Waals surface area contributed by atoms with Gasteiger partial charge in [-0.3, -0.25) is 9.59 Å². The predicted octanol–water partition coefficient (Wildman–Crippen LogP) is -0.125. The molecule has 1 amide bonds. The van der Waals surface area contributed by atoms with E-state index in [9.17, 15) is 9.59 Å². The van der Waals surface area contributed by atoms with Crippen LogP contribution in [0.1, 0.15) is 13.8 Å². The summed E-state index contributed by atoms with van der Waals surface area (Å²) in [5.41, 5.74) is 0. The number of ether oxygens (including phenoxy) is 2. The van der Waals surface area contributed by atoms with Crippen molar-refractivity contribution in [3.8, 4) is 0 Å². The van der Waals surface area contributed by atoms with E-state index >= 15 is 0 Å². The van der Waals surface area contributed by atoms with Crippen LogP contribution in [0, 0.1) is 5.92 Å². The Morgan fingerprint density at radius 1 is 1.31 bits per heavy atom. The topological polar surface area (TPSA) is 84.9 Å². The molecule has 0 heterocycles. The molecule has 0 aromatic heterocycles. The van der Waals surface area contributed by atoms with Crippen LogP contribution in [0.15, 0.2) is 0 Å². The Morgan fingerprint density at radius 3 is 2.44 bits per heavy atom. The molecule has 0 saturated heterocycles. The molecule has 0 aliphatic rings. The van der Waals surface area contributed by atoms with E-state index in [0.717, 1.165) is 0 Å². The highest BCUT2D eigenvalue weighted by atomic mass is 16.5. The van der Waals surface area contributed by atoms with Crippen molar-refractivity contribution >= 4 is 11.9 Å². The van der Waals surface area contributed by atoms with Gasteiger partial charge >= 0.3 is 5.97 Å². The number of amides is 1. The highest BCUT2D eigenvalue weighted by molar-refractivity contribution is 5.78. The molecule has 0 radical (unpaired) electrons. The number of nitrogens with one attached hydrogen (secondary N) is 1. The number of aliphatic carboxylic acids is 1. The summed E-state index contributed by atoms with van der Waals surface area (Å²) >= 11 is 0. The molecule has 94 valence electrons. The van der Waals surface area contributed by atoms with Crippen LogP contribution in [-0.2, 0) is 19.1 Å². The van der Waals surface area contributed by atoms with Crippen LogP contribution in [-0.4, -0.2) is 50.0 Å². The lowest BCUT2D eigenvalue weighted by molar-refractivity contribution is -0.142. The molecule has 0 aliphatic heterocycles. The van der Waals surface area contributed by atoms with Gasteiger partial charge in [-0.15, -0.1) is 0 Å². The Labute approximate surface area is 94.9 Å². The van der Waals surface area contributed by atoms with E-state index in [4.69, 9.17) is 14.6 Å². The molecule has 6 nitrogen and oxygen atoms in total. The molecular formula is C10H19NO5. The normalized spacial score (nSPS) is 14.2. The maximum atomic E-state index is 11.3. The Balaban J connectivity index is 3.74. The van der Waals surface area contributed by atoms with Crippen LogP contribution in [0.25, 0.3) is 0 Å². The van der Waals surface area contributed by atoms with Crippen molar-refractivity contribution in [1.82, 2.24) is 5.32 Å². The fraction of sp³-hybridized carbons (Fsp3) is 0.800. The summed E-state index contributed by atoms with van der Waals surface area (Å²) < 4.78 is 9.73. The smallest absolute Gasteiger partial charge is 0.308 e. The first kappa shape index (κ1) is 14.9. The number of carboxylic acids is 1. The van der Waals surface area contributed by atoms with Crippen molar-refractivity contribution < 1.29 is 24.2 Å². The summed E-state index contributed by atoms with van der Waals surface area (Å²) in [5, 5.41) is 11.3. The molecule has 0 aliphatic carbocycles. The number of carbonyl (C=O) groups is 2. The molecule has 0 saturated carbocycles. The molecule has 6 heteroatoms. The van der Waals surface area contributed by atoms with Gasteiger partial charge in [-0.1, -0.05) is 0 Å². The zero-order chi connectivity index (χ0) is 12.6. The number of rotatable bonds is 8. The van der Waals surface area contributed by atoms with Gasteiger partial charge in [0.1, 0.15) is 6.61 Å². The standard InChI is InChI=1S/C10H19NO5/c1-7(10(13)14)8(2)11-9(12)6-16-5-4-15-3/h7-8H,4-6H2,1-3H3,(H,11,12)(H,13,14). The third-order valence-corrected chi connectivity index (χ3v) is 2.19. The van der Waals surface area contributed by atoms with E-state index in [0.29, 0.717) is 13.2 Å². The van der Waals surface area contributed by atoms with Gasteiger partial charge in [-0.25, -0.2) is 0 Å². The van der Waals surface area contributed by atoms with Crippen LogP contribution in [0.5, 0.6) is 0 Å². The molecule has 0 aromatic rings. The van der Waals surface area contributed by atoms with Gasteiger partial charge in [0.2, 0.25) is 5.91 Å². The average Bonchev–Trinajstić information content (AvgIpc) is 2.23. The van der Waals surface area contributed by atoms with Crippen molar-refractivity contribution in [3.63, 3.8) is 0 Å². The highest BCUT2D eigenvalue weighted by Crippen LogP contribution is 2.01. The van der Waals surface area contributed by atoms with Gasteiger partial charge < -0.3 is 19.9 Å². The van der Waals surface area contributed by atoms with Gasteiger partial charge in [-0.2, -0.15) is 0 Å². The summed E-state index contributed by atoms with van der Waals surface area (Å²) in [6.45, 7) is 3.87. The average molecular weight is 233 g/mol. The van der Waals surface area contributed by atoms with Crippen LogP contribution in [0.2, 0.25) is 0 Å². The maximum absolute atomic E-state index is 11.3. The van der Waals surface area contributed by atoms with Gasteiger partial charge in [-0.05, 0) is 13.8 Å². The first-order chi connectivity index (χ1) is 7.49. The van der Waals surface area contributed by atoms with Crippen LogP contribution >= 0.6 is 0 Å². The van der Waals surface area contributed by atoms with E-state index in [-0.39, 0.29) is 12.5 Å². The van der Waals surface area contributed by atoms with Gasteiger partial charge in [0.25, 0.3) is 0 Å². The minimum Gasteiger partial charge on any atom is -0.481 e. The van der Waals surface area contributed by atoms with Crippen molar-refractivity contribution in [1.29, 1.82) is 0 Å². The molecule has 2 N–H and O–H groups in total. The monoisotopic (exact) mass is 233 g/mol.